The number of imidazole rings is 1. The lowest BCUT2D eigenvalue weighted by atomic mass is 10.2. The Balaban J connectivity index is 1.51. The van der Waals surface area contributed by atoms with Gasteiger partial charge < -0.3 is 14.6 Å². The normalized spacial score (nSPS) is 17.5. The molecule has 0 radical (unpaired) electrons. The van der Waals surface area contributed by atoms with Crippen molar-refractivity contribution in [1.29, 1.82) is 0 Å². The number of nitrogens with one attached hydrogen (secondary N) is 1. The zero-order valence-electron chi connectivity index (χ0n) is 12.6. The highest BCUT2D eigenvalue weighted by Crippen LogP contribution is 2.11. The van der Waals surface area contributed by atoms with Gasteiger partial charge in [-0.3, -0.25) is 4.79 Å². The maximum Gasteiger partial charge on any atom is 0.249 e. The standard InChI is InChI=1S/C17H21N3O2/c21-17(15-7-4-12-22-15)19-9-8-16-18-10-11-20(16)13-14-5-2-1-3-6-14/h1-3,5-6,10-11,15H,4,7-9,12-13H2,(H,19,21). The fourth-order valence-corrected chi connectivity index (χ4v) is 2.69. The molecule has 0 aliphatic carbocycles. The van der Waals surface area contributed by atoms with Crippen LogP contribution in [0, 0.1) is 0 Å². The number of carbonyl (C=O) groups excluding carboxylic acids is 1. The number of ether oxygens (including phenoxy) is 1. The van der Waals surface area contributed by atoms with Gasteiger partial charge >= 0.3 is 0 Å². The molecule has 1 aliphatic heterocycles. The van der Waals surface area contributed by atoms with Gasteiger partial charge in [0.05, 0.1) is 0 Å². The van der Waals surface area contributed by atoms with Gasteiger partial charge in [-0.05, 0) is 18.4 Å². The molecule has 2 heterocycles. The third-order valence-electron chi connectivity index (χ3n) is 3.87. The summed E-state index contributed by atoms with van der Waals surface area (Å²) >= 11 is 0. The van der Waals surface area contributed by atoms with E-state index < -0.39 is 0 Å². The maximum absolute atomic E-state index is 11.9. The number of carbonyl (C=O) groups is 1. The fraction of sp³-hybridized carbons (Fsp3) is 0.412. The van der Waals surface area contributed by atoms with Gasteiger partial charge in [-0.1, -0.05) is 30.3 Å². The van der Waals surface area contributed by atoms with Gasteiger partial charge in [0.2, 0.25) is 5.91 Å². The monoisotopic (exact) mass is 299 g/mol. The number of nitrogens with zero attached hydrogens (tertiary/aromatic N) is 2. The van der Waals surface area contributed by atoms with Crippen LogP contribution < -0.4 is 5.32 Å². The van der Waals surface area contributed by atoms with E-state index >= 15 is 0 Å². The van der Waals surface area contributed by atoms with Crippen LogP contribution in [0.1, 0.15) is 24.2 Å². The maximum atomic E-state index is 11.9. The third kappa shape index (κ3) is 3.74. The predicted octanol–water partition coefficient (Wildman–Crippen LogP) is 1.77. The molecule has 1 amide bonds. The Kier molecular flexibility index (Phi) is 4.85. The first-order chi connectivity index (χ1) is 10.8. The van der Waals surface area contributed by atoms with Crippen molar-refractivity contribution in [3.63, 3.8) is 0 Å². The highest BCUT2D eigenvalue weighted by atomic mass is 16.5. The lowest BCUT2D eigenvalue weighted by molar-refractivity contribution is -0.130. The Labute approximate surface area is 130 Å². The van der Waals surface area contributed by atoms with Crippen molar-refractivity contribution < 1.29 is 9.53 Å². The lowest BCUT2D eigenvalue weighted by Gasteiger charge is -2.11. The van der Waals surface area contributed by atoms with Crippen LogP contribution in [0.2, 0.25) is 0 Å². The second-order valence-corrected chi connectivity index (χ2v) is 5.50. The highest BCUT2D eigenvalue weighted by Gasteiger charge is 2.22. The zero-order chi connectivity index (χ0) is 15.2. The summed E-state index contributed by atoms with van der Waals surface area (Å²) in [6.07, 6.45) is 6.04. The molecule has 5 nitrogen and oxygen atoms in total. The minimum Gasteiger partial charge on any atom is -0.368 e. The lowest BCUT2D eigenvalue weighted by Crippen LogP contribution is -2.35. The molecule has 5 heteroatoms. The first-order valence-electron chi connectivity index (χ1n) is 7.76. The van der Waals surface area contributed by atoms with Gasteiger partial charge in [0.1, 0.15) is 11.9 Å². The number of amides is 1. The molecule has 1 aromatic heterocycles. The summed E-state index contributed by atoms with van der Waals surface area (Å²) in [6, 6.07) is 10.3. The number of rotatable bonds is 6. The molecule has 1 saturated heterocycles. The summed E-state index contributed by atoms with van der Waals surface area (Å²) in [6.45, 7) is 2.08. The molecular formula is C17H21N3O2. The van der Waals surface area contributed by atoms with Crippen molar-refractivity contribution in [2.24, 2.45) is 0 Å². The van der Waals surface area contributed by atoms with E-state index in [2.05, 4.69) is 27.0 Å². The van der Waals surface area contributed by atoms with E-state index in [1.54, 1.807) is 6.20 Å². The third-order valence-corrected chi connectivity index (χ3v) is 3.87. The molecule has 0 spiro atoms. The average Bonchev–Trinajstić information content (AvgIpc) is 3.20. The van der Waals surface area contributed by atoms with Crippen LogP contribution in [-0.4, -0.2) is 34.7 Å². The molecule has 116 valence electrons. The van der Waals surface area contributed by atoms with Crippen molar-refractivity contribution in [3.8, 4) is 0 Å². The Morgan fingerprint density at radius 3 is 3.00 bits per heavy atom. The van der Waals surface area contributed by atoms with Gasteiger partial charge in [0.15, 0.2) is 0 Å². The summed E-state index contributed by atoms with van der Waals surface area (Å²) in [5, 5.41) is 2.94. The van der Waals surface area contributed by atoms with Crippen LogP contribution in [0.4, 0.5) is 0 Å². The van der Waals surface area contributed by atoms with Crippen molar-refractivity contribution in [3.05, 3.63) is 54.1 Å². The molecule has 1 aliphatic rings. The van der Waals surface area contributed by atoms with Crippen LogP contribution in [0.15, 0.2) is 42.7 Å². The van der Waals surface area contributed by atoms with E-state index in [-0.39, 0.29) is 12.0 Å². The van der Waals surface area contributed by atoms with Crippen LogP contribution in [0.5, 0.6) is 0 Å². The van der Waals surface area contributed by atoms with Gasteiger partial charge in [-0.2, -0.15) is 0 Å². The van der Waals surface area contributed by atoms with Crippen molar-refractivity contribution in [1.82, 2.24) is 14.9 Å². The average molecular weight is 299 g/mol. The summed E-state index contributed by atoms with van der Waals surface area (Å²) in [4.78, 5) is 16.3. The smallest absolute Gasteiger partial charge is 0.249 e. The summed E-state index contributed by atoms with van der Waals surface area (Å²) in [5.41, 5.74) is 1.24. The second kappa shape index (κ2) is 7.22. The molecule has 0 saturated carbocycles. The number of hydrogen-bond acceptors (Lipinski definition) is 3. The topological polar surface area (TPSA) is 56.2 Å². The van der Waals surface area contributed by atoms with E-state index in [0.717, 1.165) is 31.6 Å². The Hall–Kier alpha value is -2.14. The molecule has 1 aromatic carbocycles. The Bertz CT molecular complexity index is 603. The van der Waals surface area contributed by atoms with Crippen molar-refractivity contribution >= 4 is 5.91 Å². The van der Waals surface area contributed by atoms with Gasteiger partial charge in [0, 0.05) is 38.5 Å². The van der Waals surface area contributed by atoms with Crippen molar-refractivity contribution in [2.45, 2.75) is 31.9 Å². The first-order valence-corrected chi connectivity index (χ1v) is 7.76. The van der Waals surface area contributed by atoms with Gasteiger partial charge in [-0.25, -0.2) is 4.98 Å². The predicted molar refractivity (Wildman–Crippen MR) is 83.5 cm³/mol. The first kappa shape index (κ1) is 14.8. The van der Waals surface area contributed by atoms with E-state index in [1.165, 1.54) is 5.56 Å². The van der Waals surface area contributed by atoms with Crippen LogP contribution >= 0.6 is 0 Å². The molecule has 22 heavy (non-hydrogen) atoms. The number of aromatic nitrogens is 2. The summed E-state index contributed by atoms with van der Waals surface area (Å²) in [7, 11) is 0. The molecule has 1 unspecified atom stereocenters. The van der Waals surface area contributed by atoms with Crippen molar-refractivity contribution in [2.75, 3.05) is 13.2 Å². The molecule has 0 bridgehead atoms. The molecule has 1 fully saturated rings. The van der Waals surface area contributed by atoms with Crippen LogP contribution in [0.3, 0.4) is 0 Å². The number of benzene rings is 1. The number of hydrogen-bond donors (Lipinski definition) is 1. The molecule has 1 N–H and O–H groups in total. The summed E-state index contributed by atoms with van der Waals surface area (Å²) < 4.78 is 7.49. The molecule has 2 aromatic rings. The molecule has 3 rings (SSSR count). The summed E-state index contributed by atoms with van der Waals surface area (Å²) in [5.74, 6) is 0.982. The Morgan fingerprint density at radius 2 is 2.23 bits per heavy atom. The van der Waals surface area contributed by atoms with Gasteiger partial charge in [-0.15, -0.1) is 0 Å². The molecule has 1 atom stereocenters. The van der Waals surface area contributed by atoms with Crippen LogP contribution in [-0.2, 0) is 22.5 Å². The van der Waals surface area contributed by atoms with Crippen LogP contribution in [0.25, 0.3) is 0 Å². The van der Waals surface area contributed by atoms with Gasteiger partial charge in [0.25, 0.3) is 0 Å². The quantitative estimate of drug-likeness (QED) is 0.884. The largest absolute Gasteiger partial charge is 0.368 e. The minimum atomic E-state index is -0.260. The minimum absolute atomic E-state index is 0.00124. The second-order valence-electron chi connectivity index (χ2n) is 5.50. The molecular weight excluding hydrogens is 278 g/mol. The zero-order valence-corrected chi connectivity index (χ0v) is 12.6. The highest BCUT2D eigenvalue weighted by molar-refractivity contribution is 5.80. The van der Waals surface area contributed by atoms with E-state index in [9.17, 15) is 4.79 Å². The SMILES string of the molecule is O=C(NCCc1nccn1Cc1ccccc1)C1CCCO1. The van der Waals surface area contributed by atoms with E-state index in [1.807, 2.05) is 24.4 Å². The fourth-order valence-electron chi connectivity index (χ4n) is 2.69. The van der Waals surface area contributed by atoms with E-state index in [0.29, 0.717) is 13.2 Å². The Morgan fingerprint density at radius 1 is 1.36 bits per heavy atom. The van der Waals surface area contributed by atoms with E-state index in [4.69, 9.17) is 4.74 Å².